The third-order valence-electron chi connectivity index (χ3n) is 4.82. The van der Waals surface area contributed by atoms with Gasteiger partial charge in [-0.3, -0.25) is 4.79 Å². The Morgan fingerprint density at radius 3 is 2.83 bits per heavy atom. The summed E-state index contributed by atoms with van der Waals surface area (Å²) in [6.45, 7) is 1.65. The Hall–Kier alpha value is -2.21. The Balaban J connectivity index is 1.68. The molecule has 0 bridgehead atoms. The van der Waals surface area contributed by atoms with E-state index in [1.807, 2.05) is 19.3 Å². The van der Waals surface area contributed by atoms with Gasteiger partial charge in [-0.1, -0.05) is 0 Å². The average molecular weight is 326 g/mol. The van der Waals surface area contributed by atoms with Gasteiger partial charge < -0.3 is 15.4 Å². The third kappa shape index (κ3) is 3.06. The van der Waals surface area contributed by atoms with Crippen molar-refractivity contribution in [1.29, 1.82) is 0 Å². The van der Waals surface area contributed by atoms with Crippen molar-refractivity contribution in [2.24, 2.45) is 11.8 Å². The lowest BCUT2D eigenvalue weighted by atomic mass is 9.96. The predicted octanol–water partition coefficient (Wildman–Crippen LogP) is 2.60. The van der Waals surface area contributed by atoms with Crippen LogP contribution >= 0.6 is 0 Å². The van der Waals surface area contributed by atoms with E-state index in [4.69, 9.17) is 4.74 Å². The van der Waals surface area contributed by atoms with Gasteiger partial charge in [0.1, 0.15) is 11.6 Å². The number of amides is 1. The van der Waals surface area contributed by atoms with E-state index in [-0.39, 0.29) is 11.8 Å². The molecule has 1 saturated carbocycles. The summed E-state index contributed by atoms with van der Waals surface area (Å²) in [5.41, 5.74) is 1.18. The van der Waals surface area contributed by atoms with Crippen LogP contribution in [-0.4, -0.2) is 36.1 Å². The van der Waals surface area contributed by atoms with E-state index >= 15 is 0 Å². The number of anilines is 2. The quantitative estimate of drug-likeness (QED) is 0.883. The van der Waals surface area contributed by atoms with Gasteiger partial charge in [0, 0.05) is 44.0 Å². The summed E-state index contributed by atoms with van der Waals surface area (Å²) >= 11 is 0. The number of nitrogens with zero attached hydrogens (tertiary/aromatic N) is 2. The van der Waals surface area contributed by atoms with Crippen molar-refractivity contribution >= 4 is 28.3 Å². The molecule has 2 N–H and O–H groups in total. The van der Waals surface area contributed by atoms with Crippen LogP contribution in [0.1, 0.15) is 24.8 Å². The Morgan fingerprint density at radius 2 is 2.12 bits per heavy atom. The van der Waals surface area contributed by atoms with Crippen molar-refractivity contribution in [2.75, 3.05) is 30.9 Å². The molecule has 1 saturated heterocycles. The first-order chi connectivity index (χ1) is 11.7. The summed E-state index contributed by atoms with van der Waals surface area (Å²) in [5.74, 6) is 2.21. The first-order valence-corrected chi connectivity index (χ1v) is 8.58. The van der Waals surface area contributed by atoms with E-state index < -0.39 is 0 Å². The van der Waals surface area contributed by atoms with Crippen LogP contribution in [0.4, 0.5) is 11.6 Å². The van der Waals surface area contributed by atoms with Gasteiger partial charge in [0.25, 0.3) is 0 Å². The number of hydrogen-bond acceptors (Lipinski definition) is 5. The van der Waals surface area contributed by atoms with Gasteiger partial charge in [0.2, 0.25) is 5.91 Å². The summed E-state index contributed by atoms with van der Waals surface area (Å²) in [6.07, 6.45) is 7.73. The van der Waals surface area contributed by atoms with E-state index in [2.05, 4.69) is 20.6 Å². The molecule has 1 atom stereocenters. The maximum Gasteiger partial charge on any atom is 0.228 e. The van der Waals surface area contributed by atoms with Gasteiger partial charge in [-0.05, 0) is 48.6 Å². The van der Waals surface area contributed by atoms with Crippen molar-refractivity contribution in [3.8, 4) is 0 Å². The fourth-order valence-corrected chi connectivity index (χ4v) is 3.25. The number of rotatable bonds is 5. The van der Waals surface area contributed by atoms with Gasteiger partial charge >= 0.3 is 0 Å². The predicted molar refractivity (Wildman–Crippen MR) is 93.1 cm³/mol. The molecule has 4 rings (SSSR count). The molecule has 0 aromatic carbocycles. The lowest BCUT2D eigenvalue weighted by Gasteiger charge is -2.14. The minimum absolute atomic E-state index is 0.0792. The monoisotopic (exact) mass is 326 g/mol. The van der Waals surface area contributed by atoms with Gasteiger partial charge in [-0.15, -0.1) is 0 Å². The van der Waals surface area contributed by atoms with Crippen molar-refractivity contribution in [3.05, 3.63) is 24.0 Å². The number of aromatic nitrogens is 2. The lowest BCUT2D eigenvalue weighted by Crippen LogP contribution is -2.14. The molecule has 1 unspecified atom stereocenters. The molecule has 0 radical (unpaired) electrons. The van der Waals surface area contributed by atoms with Crippen LogP contribution in [0.3, 0.4) is 0 Å². The zero-order valence-corrected chi connectivity index (χ0v) is 13.8. The Kier molecular flexibility index (Phi) is 4.06. The second-order valence-corrected chi connectivity index (χ2v) is 6.69. The lowest BCUT2D eigenvalue weighted by molar-refractivity contribution is -0.117. The van der Waals surface area contributed by atoms with Crippen LogP contribution in [0.25, 0.3) is 10.8 Å². The fraction of sp³-hybridized carbons (Fsp3) is 0.500. The molecule has 3 heterocycles. The van der Waals surface area contributed by atoms with Crippen LogP contribution in [0, 0.1) is 11.8 Å². The SMILES string of the molecule is CNc1ncc(CC2CCOC2)c2cc(NC(=O)C3CC3)ncc12. The normalized spacial score (nSPS) is 20.3. The van der Waals surface area contributed by atoms with Crippen molar-refractivity contribution in [3.63, 3.8) is 0 Å². The topological polar surface area (TPSA) is 76.1 Å². The molecule has 0 spiro atoms. The molecule has 2 aromatic heterocycles. The third-order valence-corrected chi connectivity index (χ3v) is 4.82. The fourth-order valence-electron chi connectivity index (χ4n) is 3.25. The summed E-state index contributed by atoms with van der Waals surface area (Å²) in [7, 11) is 1.86. The Labute approximate surface area is 141 Å². The molecule has 2 aromatic rings. The Bertz CT molecular complexity index is 767. The van der Waals surface area contributed by atoms with Gasteiger partial charge in [0.15, 0.2) is 0 Å². The highest BCUT2D eigenvalue weighted by atomic mass is 16.5. The van der Waals surface area contributed by atoms with Crippen LogP contribution in [0.5, 0.6) is 0 Å². The van der Waals surface area contributed by atoms with Crippen molar-refractivity contribution < 1.29 is 9.53 Å². The number of nitrogens with one attached hydrogen (secondary N) is 2. The molecule has 126 valence electrons. The number of pyridine rings is 2. The molecular formula is C18H22N4O2. The standard InChI is InChI=1S/C18H22N4O2/c1-19-17-15-9-20-16(22-18(23)12-2-3-12)7-14(15)13(8-21-17)6-11-4-5-24-10-11/h7-9,11-12H,2-6,10H2,1H3,(H,19,21)(H,20,22,23). The number of carbonyl (C=O) groups is 1. The number of ether oxygens (including phenoxy) is 1. The highest BCUT2D eigenvalue weighted by Crippen LogP contribution is 2.32. The minimum Gasteiger partial charge on any atom is -0.381 e. The molecule has 1 aliphatic heterocycles. The number of fused-ring (bicyclic) bond motifs is 1. The van der Waals surface area contributed by atoms with Crippen molar-refractivity contribution in [2.45, 2.75) is 25.7 Å². The zero-order chi connectivity index (χ0) is 16.5. The molecule has 6 nitrogen and oxygen atoms in total. The van der Waals surface area contributed by atoms with Crippen LogP contribution < -0.4 is 10.6 Å². The van der Waals surface area contributed by atoms with E-state index in [0.717, 1.165) is 55.5 Å². The second kappa shape index (κ2) is 6.36. The maximum absolute atomic E-state index is 12.0. The first kappa shape index (κ1) is 15.3. The molecule has 6 heteroatoms. The molecule has 1 amide bonds. The van der Waals surface area contributed by atoms with Gasteiger partial charge in [-0.2, -0.15) is 0 Å². The summed E-state index contributed by atoms with van der Waals surface area (Å²) in [5, 5.41) is 8.14. The number of carbonyl (C=O) groups excluding carboxylic acids is 1. The largest absolute Gasteiger partial charge is 0.381 e. The first-order valence-electron chi connectivity index (χ1n) is 8.58. The summed E-state index contributed by atoms with van der Waals surface area (Å²) < 4.78 is 5.49. The van der Waals surface area contributed by atoms with Gasteiger partial charge in [-0.25, -0.2) is 9.97 Å². The number of hydrogen-bond donors (Lipinski definition) is 2. The van der Waals surface area contributed by atoms with Crippen LogP contribution in [0.15, 0.2) is 18.5 Å². The van der Waals surface area contributed by atoms with Gasteiger partial charge in [0.05, 0.1) is 0 Å². The Morgan fingerprint density at radius 1 is 1.25 bits per heavy atom. The van der Waals surface area contributed by atoms with E-state index in [9.17, 15) is 4.79 Å². The van der Waals surface area contributed by atoms with Crippen LogP contribution in [0.2, 0.25) is 0 Å². The van der Waals surface area contributed by atoms with Crippen LogP contribution in [-0.2, 0) is 16.0 Å². The molecule has 24 heavy (non-hydrogen) atoms. The summed E-state index contributed by atoms with van der Waals surface area (Å²) in [6, 6.07) is 1.98. The second-order valence-electron chi connectivity index (χ2n) is 6.69. The summed E-state index contributed by atoms with van der Waals surface area (Å²) in [4.78, 5) is 20.9. The van der Waals surface area contributed by atoms with E-state index in [1.54, 1.807) is 6.20 Å². The average Bonchev–Trinajstić information content (AvgIpc) is 3.33. The smallest absolute Gasteiger partial charge is 0.228 e. The zero-order valence-electron chi connectivity index (χ0n) is 13.8. The molecule has 2 fully saturated rings. The van der Waals surface area contributed by atoms with E-state index in [1.165, 1.54) is 5.56 Å². The molecule has 1 aliphatic carbocycles. The molecule has 2 aliphatic rings. The van der Waals surface area contributed by atoms with Crippen molar-refractivity contribution in [1.82, 2.24) is 9.97 Å². The minimum atomic E-state index is 0.0792. The highest BCUT2D eigenvalue weighted by molar-refractivity contribution is 5.98. The molecular weight excluding hydrogens is 304 g/mol. The maximum atomic E-state index is 12.0. The van der Waals surface area contributed by atoms with E-state index in [0.29, 0.717) is 11.7 Å². The highest BCUT2D eigenvalue weighted by Gasteiger charge is 2.30.